The predicted octanol–water partition coefficient (Wildman–Crippen LogP) is 2.49. The molecule has 0 heterocycles. The van der Waals surface area contributed by atoms with Gasteiger partial charge < -0.3 is 19.5 Å². The largest absolute Gasteiger partial charge is 0.495 e. The number of carbonyl (C=O) groups is 1. The zero-order chi connectivity index (χ0) is 20.9. The van der Waals surface area contributed by atoms with E-state index in [9.17, 15) is 13.2 Å². The Hall–Kier alpha value is -2.78. The third kappa shape index (κ3) is 4.73. The summed E-state index contributed by atoms with van der Waals surface area (Å²) < 4.78 is 42.8. The zero-order valence-electron chi connectivity index (χ0n) is 16.5. The van der Waals surface area contributed by atoms with Gasteiger partial charge in [-0.3, -0.25) is 4.79 Å². The smallest absolute Gasteiger partial charge is 0.243 e. The lowest BCUT2D eigenvalue weighted by molar-refractivity contribution is -0.114. The van der Waals surface area contributed by atoms with Crippen molar-refractivity contribution >= 4 is 21.6 Å². The molecule has 0 saturated heterocycles. The van der Waals surface area contributed by atoms with E-state index in [1.807, 2.05) is 0 Å². The fraction of sp³-hybridized carbons (Fsp3) is 0.316. The van der Waals surface area contributed by atoms with Crippen molar-refractivity contribution in [3.05, 3.63) is 42.0 Å². The van der Waals surface area contributed by atoms with Crippen molar-refractivity contribution in [1.29, 1.82) is 0 Å². The summed E-state index contributed by atoms with van der Waals surface area (Å²) in [7, 11) is 2.16. The molecule has 0 fully saturated rings. The van der Waals surface area contributed by atoms with Gasteiger partial charge in [-0.15, -0.1) is 0 Å². The number of carbonyl (C=O) groups excluding carboxylic acids is 1. The lowest BCUT2D eigenvalue weighted by Gasteiger charge is -2.19. The van der Waals surface area contributed by atoms with Gasteiger partial charge >= 0.3 is 0 Å². The van der Waals surface area contributed by atoms with Gasteiger partial charge in [0, 0.05) is 26.6 Å². The van der Waals surface area contributed by atoms with E-state index in [0.717, 1.165) is 5.56 Å². The van der Waals surface area contributed by atoms with Crippen molar-refractivity contribution in [3.63, 3.8) is 0 Å². The van der Waals surface area contributed by atoms with Crippen LogP contribution in [0.1, 0.15) is 12.5 Å². The number of hydrogen-bond donors (Lipinski definition) is 1. The van der Waals surface area contributed by atoms with Crippen molar-refractivity contribution < 1.29 is 27.4 Å². The Morgan fingerprint density at radius 3 is 2.18 bits per heavy atom. The molecule has 0 atom stereocenters. The minimum absolute atomic E-state index is 0.0569. The zero-order valence-corrected chi connectivity index (χ0v) is 17.3. The van der Waals surface area contributed by atoms with E-state index >= 15 is 0 Å². The van der Waals surface area contributed by atoms with Gasteiger partial charge in [-0.05, 0) is 29.8 Å². The molecular weight excluding hydrogens is 384 g/mol. The van der Waals surface area contributed by atoms with Crippen LogP contribution in [0.5, 0.6) is 17.2 Å². The summed E-state index contributed by atoms with van der Waals surface area (Å²) in [6.45, 7) is 1.50. The molecule has 8 nitrogen and oxygen atoms in total. The van der Waals surface area contributed by atoms with E-state index in [1.54, 1.807) is 18.2 Å². The van der Waals surface area contributed by atoms with Gasteiger partial charge in [-0.1, -0.05) is 6.07 Å². The van der Waals surface area contributed by atoms with Crippen molar-refractivity contribution in [3.8, 4) is 17.2 Å². The van der Waals surface area contributed by atoms with Gasteiger partial charge in [0.2, 0.25) is 15.9 Å². The van der Waals surface area contributed by atoms with Crippen LogP contribution in [-0.2, 0) is 21.4 Å². The van der Waals surface area contributed by atoms with Crippen LogP contribution in [0, 0.1) is 0 Å². The maximum Gasteiger partial charge on any atom is 0.243 e. The molecule has 152 valence electrons. The summed E-state index contributed by atoms with van der Waals surface area (Å²) >= 11 is 0. The monoisotopic (exact) mass is 408 g/mol. The molecule has 0 aliphatic heterocycles. The molecule has 0 bridgehead atoms. The first-order valence-corrected chi connectivity index (χ1v) is 9.79. The van der Waals surface area contributed by atoms with Gasteiger partial charge in [0.25, 0.3) is 0 Å². The average molecular weight is 408 g/mol. The molecule has 0 aliphatic carbocycles. The number of rotatable bonds is 8. The van der Waals surface area contributed by atoms with Gasteiger partial charge in [0.05, 0.1) is 31.9 Å². The maximum atomic E-state index is 12.9. The molecule has 2 aromatic rings. The average Bonchev–Trinajstić information content (AvgIpc) is 2.67. The normalized spacial score (nSPS) is 11.2. The highest BCUT2D eigenvalue weighted by atomic mass is 32.2. The van der Waals surface area contributed by atoms with Crippen molar-refractivity contribution in [2.75, 3.05) is 33.7 Å². The number of ether oxygens (including phenoxy) is 3. The minimum atomic E-state index is -3.78. The molecule has 1 amide bonds. The molecule has 0 spiro atoms. The number of nitrogens with one attached hydrogen (secondary N) is 1. The second-order valence-electron chi connectivity index (χ2n) is 5.99. The van der Waals surface area contributed by atoms with Crippen molar-refractivity contribution in [2.45, 2.75) is 18.4 Å². The van der Waals surface area contributed by atoms with E-state index in [1.165, 1.54) is 57.8 Å². The number of sulfonamides is 1. The Morgan fingerprint density at radius 1 is 0.964 bits per heavy atom. The number of benzene rings is 2. The molecule has 0 unspecified atom stereocenters. The first-order chi connectivity index (χ1) is 13.2. The number of methoxy groups -OCH3 is 3. The third-order valence-electron chi connectivity index (χ3n) is 4.05. The molecule has 0 aliphatic rings. The first-order valence-electron chi connectivity index (χ1n) is 8.35. The summed E-state index contributed by atoms with van der Waals surface area (Å²) in [6.07, 6.45) is 0. The summed E-state index contributed by atoms with van der Waals surface area (Å²) in [5.41, 5.74) is 1.14. The molecule has 2 aromatic carbocycles. The quantitative estimate of drug-likeness (QED) is 0.721. The summed E-state index contributed by atoms with van der Waals surface area (Å²) in [4.78, 5) is 11.3. The molecule has 0 saturated carbocycles. The topological polar surface area (TPSA) is 94.2 Å². The number of amides is 1. The first kappa shape index (κ1) is 21.5. The molecular formula is C19H24N2O6S. The summed E-state index contributed by atoms with van der Waals surface area (Å²) in [5, 5.41) is 2.60. The number of anilines is 1. The molecule has 0 radical (unpaired) electrons. The van der Waals surface area contributed by atoms with Crippen LogP contribution < -0.4 is 19.5 Å². The van der Waals surface area contributed by atoms with Crippen LogP contribution in [0.3, 0.4) is 0 Å². The second-order valence-corrected chi connectivity index (χ2v) is 8.04. The van der Waals surface area contributed by atoms with E-state index in [-0.39, 0.29) is 23.1 Å². The highest BCUT2D eigenvalue weighted by Crippen LogP contribution is 2.31. The van der Waals surface area contributed by atoms with E-state index in [0.29, 0.717) is 17.2 Å². The van der Waals surface area contributed by atoms with Gasteiger partial charge in [0.1, 0.15) is 5.75 Å². The van der Waals surface area contributed by atoms with Gasteiger partial charge in [0.15, 0.2) is 11.5 Å². The van der Waals surface area contributed by atoms with Crippen molar-refractivity contribution in [2.24, 2.45) is 0 Å². The van der Waals surface area contributed by atoms with E-state index < -0.39 is 10.0 Å². The third-order valence-corrected chi connectivity index (χ3v) is 5.84. The minimum Gasteiger partial charge on any atom is -0.495 e. The van der Waals surface area contributed by atoms with Crippen LogP contribution in [0.4, 0.5) is 5.69 Å². The van der Waals surface area contributed by atoms with Crippen LogP contribution in [-0.4, -0.2) is 47.0 Å². The predicted molar refractivity (Wildman–Crippen MR) is 105 cm³/mol. The Kier molecular flexibility index (Phi) is 6.87. The fourth-order valence-corrected chi connectivity index (χ4v) is 3.80. The molecule has 0 aromatic heterocycles. The Labute approximate surface area is 165 Å². The SMILES string of the molecule is COc1cc(S(=O)(=O)N(C)Cc2ccc(OC)c(OC)c2)ccc1NC(C)=O. The van der Waals surface area contributed by atoms with E-state index in [4.69, 9.17) is 14.2 Å². The number of hydrogen-bond acceptors (Lipinski definition) is 6. The molecule has 2 rings (SSSR count). The molecule has 1 N–H and O–H groups in total. The second kappa shape index (κ2) is 8.94. The highest BCUT2D eigenvalue weighted by Gasteiger charge is 2.23. The van der Waals surface area contributed by atoms with Crippen LogP contribution in [0.25, 0.3) is 0 Å². The Morgan fingerprint density at radius 2 is 1.61 bits per heavy atom. The van der Waals surface area contributed by atoms with Gasteiger partial charge in [-0.2, -0.15) is 4.31 Å². The standard InChI is InChI=1S/C19H24N2O6S/c1-13(22)20-16-8-7-15(11-18(16)26-4)28(23,24)21(2)12-14-6-9-17(25-3)19(10-14)27-5/h6-11H,12H2,1-5H3,(H,20,22). The maximum absolute atomic E-state index is 12.9. The number of nitrogens with zero attached hydrogens (tertiary/aromatic N) is 1. The Balaban J connectivity index is 2.30. The van der Waals surface area contributed by atoms with Gasteiger partial charge in [-0.25, -0.2) is 8.42 Å². The lowest BCUT2D eigenvalue weighted by Crippen LogP contribution is -2.26. The van der Waals surface area contributed by atoms with Crippen molar-refractivity contribution in [1.82, 2.24) is 4.31 Å². The van der Waals surface area contributed by atoms with Crippen LogP contribution in [0.15, 0.2) is 41.3 Å². The van der Waals surface area contributed by atoms with E-state index in [2.05, 4.69) is 5.32 Å². The highest BCUT2D eigenvalue weighted by molar-refractivity contribution is 7.89. The molecule has 9 heteroatoms. The van der Waals surface area contributed by atoms with Crippen LogP contribution in [0.2, 0.25) is 0 Å². The Bertz CT molecular complexity index is 959. The lowest BCUT2D eigenvalue weighted by atomic mass is 10.2. The summed E-state index contributed by atoms with van der Waals surface area (Å²) in [6, 6.07) is 9.52. The fourth-order valence-electron chi connectivity index (χ4n) is 2.63. The molecule has 28 heavy (non-hydrogen) atoms. The van der Waals surface area contributed by atoms with Crippen LogP contribution >= 0.6 is 0 Å². The summed E-state index contributed by atoms with van der Waals surface area (Å²) in [5.74, 6) is 1.07.